The van der Waals surface area contributed by atoms with E-state index in [4.69, 9.17) is 9.15 Å². The molecule has 5 heteroatoms. The molecule has 0 aliphatic heterocycles. The third-order valence-electron chi connectivity index (χ3n) is 4.25. The summed E-state index contributed by atoms with van der Waals surface area (Å²) in [4.78, 5) is 4.48. The molecule has 4 rings (SSSR count). The number of aliphatic imine (C=N–C) groups is 1. The lowest BCUT2D eigenvalue weighted by Crippen LogP contribution is -1.85. The number of benzene rings is 3. The van der Waals surface area contributed by atoms with E-state index in [1.807, 2.05) is 30.3 Å². The highest BCUT2D eigenvalue weighted by Crippen LogP contribution is 2.35. The summed E-state index contributed by atoms with van der Waals surface area (Å²) in [7, 11) is 1.50. The van der Waals surface area contributed by atoms with Crippen LogP contribution in [0.4, 0.5) is 5.69 Å². The predicted octanol–water partition coefficient (Wildman–Crippen LogP) is 5.27. The maximum absolute atomic E-state index is 9.94. The van der Waals surface area contributed by atoms with Gasteiger partial charge in [0.15, 0.2) is 11.5 Å². The van der Waals surface area contributed by atoms with Crippen LogP contribution in [0.25, 0.3) is 22.3 Å². The van der Waals surface area contributed by atoms with Gasteiger partial charge in [0.1, 0.15) is 17.1 Å². The SMILES string of the molecule is COc1ccc(N=Cc2c(-c3ccccc3)oc3cc(O)ccc23)cc1O. The molecule has 27 heavy (non-hydrogen) atoms. The first-order valence-corrected chi connectivity index (χ1v) is 8.38. The van der Waals surface area contributed by atoms with Crippen LogP contribution in [0.5, 0.6) is 17.2 Å². The number of nitrogens with zero attached hydrogens (tertiary/aromatic N) is 1. The van der Waals surface area contributed by atoms with Crippen LogP contribution in [-0.4, -0.2) is 23.5 Å². The molecule has 0 spiro atoms. The second-order valence-electron chi connectivity index (χ2n) is 6.01. The zero-order valence-corrected chi connectivity index (χ0v) is 14.6. The summed E-state index contributed by atoms with van der Waals surface area (Å²) >= 11 is 0. The lowest BCUT2D eigenvalue weighted by molar-refractivity contribution is 0.373. The van der Waals surface area contributed by atoms with Crippen LogP contribution in [0.1, 0.15) is 5.56 Å². The smallest absolute Gasteiger partial charge is 0.160 e. The van der Waals surface area contributed by atoms with Crippen molar-refractivity contribution in [3.05, 3.63) is 72.3 Å². The van der Waals surface area contributed by atoms with Gasteiger partial charge in [-0.15, -0.1) is 0 Å². The highest BCUT2D eigenvalue weighted by atomic mass is 16.5. The summed E-state index contributed by atoms with van der Waals surface area (Å²) < 4.78 is 11.0. The van der Waals surface area contributed by atoms with Gasteiger partial charge in [0, 0.05) is 34.9 Å². The fourth-order valence-corrected chi connectivity index (χ4v) is 2.94. The van der Waals surface area contributed by atoms with Crippen LogP contribution in [0.3, 0.4) is 0 Å². The van der Waals surface area contributed by atoms with E-state index in [-0.39, 0.29) is 11.5 Å². The highest BCUT2D eigenvalue weighted by molar-refractivity contribution is 6.05. The van der Waals surface area contributed by atoms with Crippen molar-refractivity contribution in [2.75, 3.05) is 7.11 Å². The van der Waals surface area contributed by atoms with Crippen molar-refractivity contribution in [1.82, 2.24) is 0 Å². The molecule has 2 N–H and O–H groups in total. The van der Waals surface area contributed by atoms with Crippen molar-refractivity contribution in [3.63, 3.8) is 0 Å². The first-order chi connectivity index (χ1) is 13.2. The Morgan fingerprint density at radius 3 is 2.52 bits per heavy atom. The lowest BCUT2D eigenvalue weighted by Gasteiger charge is -2.03. The minimum absolute atomic E-state index is 0.0254. The minimum Gasteiger partial charge on any atom is -0.508 e. The summed E-state index contributed by atoms with van der Waals surface area (Å²) in [5.74, 6) is 1.22. The van der Waals surface area contributed by atoms with Crippen molar-refractivity contribution in [3.8, 4) is 28.6 Å². The lowest BCUT2D eigenvalue weighted by atomic mass is 10.1. The van der Waals surface area contributed by atoms with E-state index in [1.54, 1.807) is 36.5 Å². The Bertz CT molecular complexity index is 1130. The van der Waals surface area contributed by atoms with Crippen LogP contribution in [0.2, 0.25) is 0 Å². The third kappa shape index (κ3) is 3.22. The van der Waals surface area contributed by atoms with Gasteiger partial charge in [-0.05, 0) is 24.3 Å². The van der Waals surface area contributed by atoms with Gasteiger partial charge in [-0.2, -0.15) is 0 Å². The standard InChI is InChI=1S/C22H17NO4/c1-26-20-10-7-15(11-19(20)25)23-13-18-17-9-8-16(24)12-21(17)27-22(18)14-5-3-2-4-6-14/h2-13,24-25H,1H3. The van der Waals surface area contributed by atoms with E-state index in [0.717, 1.165) is 16.5 Å². The number of hydrogen-bond acceptors (Lipinski definition) is 5. The van der Waals surface area contributed by atoms with Crippen molar-refractivity contribution in [1.29, 1.82) is 0 Å². The van der Waals surface area contributed by atoms with Gasteiger partial charge in [-0.1, -0.05) is 30.3 Å². The number of ether oxygens (including phenoxy) is 1. The van der Waals surface area contributed by atoms with E-state index in [2.05, 4.69) is 4.99 Å². The molecule has 0 saturated heterocycles. The molecule has 0 radical (unpaired) electrons. The third-order valence-corrected chi connectivity index (χ3v) is 4.25. The fraction of sp³-hybridized carbons (Fsp3) is 0.0455. The number of phenolic OH excluding ortho intramolecular Hbond substituents is 2. The number of furan rings is 1. The topological polar surface area (TPSA) is 75.2 Å². The molecule has 0 bridgehead atoms. The summed E-state index contributed by atoms with van der Waals surface area (Å²) in [5, 5.41) is 20.5. The second kappa shape index (κ2) is 6.88. The summed E-state index contributed by atoms with van der Waals surface area (Å²) in [6.45, 7) is 0. The molecular weight excluding hydrogens is 342 g/mol. The Labute approximate surface area is 155 Å². The molecule has 0 saturated carbocycles. The van der Waals surface area contributed by atoms with Gasteiger partial charge >= 0.3 is 0 Å². The molecule has 134 valence electrons. The number of fused-ring (bicyclic) bond motifs is 1. The molecule has 4 aromatic rings. The van der Waals surface area contributed by atoms with E-state index in [0.29, 0.717) is 22.8 Å². The summed E-state index contributed by atoms with van der Waals surface area (Å²) in [6, 6.07) is 19.6. The molecule has 1 heterocycles. The molecule has 0 fully saturated rings. The largest absolute Gasteiger partial charge is 0.508 e. The van der Waals surface area contributed by atoms with Crippen LogP contribution in [0.15, 0.2) is 76.1 Å². The van der Waals surface area contributed by atoms with Crippen molar-refractivity contribution >= 4 is 22.9 Å². The van der Waals surface area contributed by atoms with E-state index >= 15 is 0 Å². The molecule has 0 unspecified atom stereocenters. The molecule has 1 aromatic heterocycles. The Kier molecular flexibility index (Phi) is 4.26. The first-order valence-electron chi connectivity index (χ1n) is 8.38. The molecule has 3 aromatic carbocycles. The number of hydrogen-bond donors (Lipinski definition) is 2. The van der Waals surface area contributed by atoms with Gasteiger partial charge in [-0.25, -0.2) is 0 Å². The molecule has 5 nitrogen and oxygen atoms in total. The number of aromatic hydroxyl groups is 2. The zero-order chi connectivity index (χ0) is 18.8. The fourth-order valence-electron chi connectivity index (χ4n) is 2.94. The molecule has 0 aliphatic rings. The molecule has 0 aliphatic carbocycles. The first kappa shape index (κ1) is 16.7. The molecular formula is C22H17NO4. The van der Waals surface area contributed by atoms with Crippen LogP contribution < -0.4 is 4.74 Å². The number of phenols is 2. The number of methoxy groups -OCH3 is 1. The normalized spacial score (nSPS) is 11.3. The molecule has 0 atom stereocenters. The van der Waals surface area contributed by atoms with Crippen molar-refractivity contribution in [2.45, 2.75) is 0 Å². The average molecular weight is 359 g/mol. The van der Waals surface area contributed by atoms with Gasteiger partial charge in [-0.3, -0.25) is 4.99 Å². The molecule has 0 amide bonds. The minimum atomic E-state index is 0.0254. The Morgan fingerprint density at radius 1 is 0.963 bits per heavy atom. The van der Waals surface area contributed by atoms with Crippen molar-refractivity contribution in [2.24, 2.45) is 4.99 Å². The van der Waals surface area contributed by atoms with Gasteiger partial charge in [0.05, 0.1) is 12.8 Å². The predicted molar refractivity (Wildman–Crippen MR) is 105 cm³/mol. The van der Waals surface area contributed by atoms with Gasteiger partial charge < -0.3 is 19.4 Å². The quantitative estimate of drug-likeness (QED) is 0.487. The van der Waals surface area contributed by atoms with Gasteiger partial charge in [0.2, 0.25) is 0 Å². The van der Waals surface area contributed by atoms with E-state index in [1.165, 1.54) is 13.2 Å². The van der Waals surface area contributed by atoms with Crippen LogP contribution >= 0.6 is 0 Å². The van der Waals surface area contributed by atoms with Crippen LogP contribution in [0, 0.1) is 0 Å². The summed E-state index contributed by atoms with van der Waals surface area (Å²) in [6.07, 6.45) is 1.70. The maximum atomic E-state index is 9.94. The van der Waals surface area contributed by atoms with Crippen LogP contribution in [-0.2, 0) is 0 Å². The average Bonchev–Trinajstić information content (AvgIpc) is 3.04. The second-order valence-corrected chi connectivity index (χ2v) is 6.01. The van der Waals surface area contributed by atoms with Gasteiger partial charge in [0.25, 0.3) is 0 Å². The summed E-state index contributed by atoms with van der Waals surface area (Å²) in [5.41, 5.74) is 2.87. The Balaban J connectivity index is 1.83. The monoisotopic (exact) mass is 359 g/mol. The van der Waals surface area contributed by atoms with E-state index in [9.17, 15) is 10.2 Å². The van der Waals surface area contributed by atoms with Crippen molar-refractivity contribution < 1.29 is 19.4 Å². The maximum Gasteiger partial charge on any atom is 0.160 e. The number of rotatable bonds is 4. The Morgan fingerprint density at radius 2 is 1.78 bits per heavy atom. The Hall–Kier alpha value is -3.73. The van der Waals surface area contributed by atoms with E-state index < -0.39 is 0 Å². The zero-order valence-electron chi connectivity index (χ0n) is 14.6. The highest BCUT2D eigenvalue weighted by Gasteiger charge is 2.15.